The highest BCUT2D eigenvalue weighted by Gasteiger charge is 2.28. The third-order valence-electron chi connectivity index (χ3n) is 3.25. The van der Waals surface area contributed by atoms with Gasteiger partial charge in [0.1, 0.15) is 0 Å². The summed E-state index contributed by atoms with van der Waals surface area (Å²) in [5.74, 6) is 0.769. The van der Waals surface area contributed by atoms with Gasteiger partial charge in [-0.25, -0.2) is 0 Å². The Morgan fingerprint density at radius 3 is 2.80 bits per heavy atom. The van der Waals surface area contributed by atoms with Gasteiger partial charge in [-0.3, -0.25) is 0 Å². The molecular formula is C15H20. The van der Waals surface area contributed by atoms with E-state index < -0.39 is 0 Å². The van der Waals surface area contributed by atoms with Gasteiger partial charge in [0.2, 0.25) is 0 Å². The molecule has 1 atom stereocenters. The van der Waals surface area contributed by atoms with E-state index >= 15 is 0 Å². The third-order valence-corrected chi connectivity index (χ3v) is 3.25. The molecule has 1 saturated carbocycles. The highest BCUT2D eigenvalue weighted by atomic mass is 14.3. The molecule has 80 valence electrons. The molecule has 1 unspecified atom stereocenters. The zero-order chi connectivity index (χ0) is 10.7. The minimum absolute atomic E-state index is 0.769. The second kappa shape index (κ2) is 4.65. The van der Waals surface area contributed by atoms with Crippen molar-refractivity contribution in [3.63, 3.8) is 0 Å². The summed E-state index contributed by atoms with van der Waals surface area (Å²) in [6, 6.07) is 0. The van der Waals surface area contributed by atoms with Crippen LogP contribution in [0.4, 0.5) is 0 Å². The maximum Gasteiger partial charge on any atom is -0.00808 e. The van der Waals surface area contributed by atoms with E-state index in [1.54, 1.807) is 11.1 Å². The van der Waals surface area contributed by atoms with Gasteiger partial charge >= 0.3 is 0 Å². The quantitative estimate of drug-likeness (QED) is 0.612. The summed E-state index contributed by atoms with van der Waals surface area (Å²) in [5.41, 5.74) is 4.70. The van der Waals surface area contributed by atoms with Crippen molar-refractivity contribution in [1.29, 1.82) is 0 Å². The lowest BCUT2D eigenvalue weighted by atomic mass is 9.93. The second-order valence-corrected chi connectivity index (χ2v) is 4.35. The summed E-state index contributed by atoms with van der Waals surface area (Å²) in [6.07, 6.45) is 16.4. The van der Waals surface area contributed by atoms with Gasteiger partial charge in [-0.1, -0.05) is 44.2 Å². The SMILES string of the molecule is CCC=C1CC2CC=CC=C2C1=CCC. The molecule has 0 bridgehead atoms. The summed E-state index contributed by atoms with van der Waals surface area (Å²) < 4.78 is 0. The van der Waals surface area contributed by atoms with Crippen LogP contribution in [0.3, 0.4) is 0 Å². The minimum atomic E-state index is 0.769. The van der Waals surface area contributed by atoms with E-state index in [1.165, 1.54) is 18.4 Å². The molecule has 0 heteroatoms. The first-order valence-corrected chi connectivity index (χ1v) is 6.13. The predicted octanol–water partition coefficient (Wildman–Crippen LogP) is 4.57. The monoisotopic (exact) mass is 200 g/mol. The van der Waals surface area contributed by atoms with Crippen LogP contribution >= 0.6 is 0 Å². The summed E-state index contributed by atoms with van der Waals surface area (Å²) in [6.45, 7) is 4.45. The van der Waals surface area contributed by atoms with Crippen LogP contribution in [0.15, 0.2) is 47.1 Å². The van der Waals surface area contributed by atoms with Crippen molar-refractivity contribution >= 4 is 0 Å². The molecule has 0 aliphatic heterocycles. The zero-order valence-corrected chi connectivity index (χ0v) is 9.79. The molecular weight excluding hydrogens is 180 g/mol. The molecule has 0 aromatic carbocycles. The van der Waals surface area contributed by atoms with Gasteiger partial charge in [0.15, 0.2) is 0 Å². The van der Waals surface area contributed by atoms with Gasteiger partial charge in [0.05, 0.1) is 0 Å². The van der Waals surface area contributed by atoms with E-state index in [4.69, 9.17) is 0 Å². The number of allylic oxidation sites excluding steroid dienone is 8. The van der Waals surface area contributed by atoms with Crippen LogP contribution in [0.1, 0.15) is 39.5 Å². The first-order chi connectivity index (χ1) is 7.36. The molecule has 0 spiro atoms. The summed E-state index contributed by atoms with van der Waals surface area (Å²) in [5, 5.41) is 0. The van der Waals surface area contributed by atoms with Gasteiger partial charge in [0.25, 0.3) is 0 Å². The zero-order valence-electron chi connectivity index (χ0n) is 9.79. The third kappa shape index (κ3) is 1.99. The Balaban J connectivity index is 2.35. The van der Waals surface area contributed by atoms with Crippen molar-refractivity contribution < 1.29 is 0 Å². The molecule has 15 heavy (non-hydrogen) atoms. The summed E-state index contributed by atoms with van der Waals surface area (Å²) >= 11 is 0. The lowest BCUT2D eigenvalue weighted by molar-refractivity contribution is 0.664. The average Bonchev–Trinajstić information content (AvgIpc) is 2.59. The molecule has 0 aromatic rings. The number of hydrogen-bond donors (Lipinski definition) is 0. The lowest BCUT2D eigenvalue weighted by Gasteiger charge is -2.12. The maximum atomic E-state index is 2.40. The Hall–Kier alpha value is -1.04. The topological polar surface area (TPSA) is 0 Å². The fourth-order valence-electron chi connectivity index (χ4n) is 2.63. The molecule has 0 nitrogen and oxygen atoms in total. The van der Waals surface area contributed by atoms with Crippen LogP contribution < -0.4 is 0 Å². The van der Waals surface area contributed by atoms with Crippen molar-refractivity contribution in [2.75, 3.05) is 0 Å². The first kappa shape index (κ1) is 10.5. The molecule has 0 aromatic heterocycles. The van der Waals surface area contributed by atoms with E-state index in [0.29, 0.717) is 0 Å². The molecule has 0 saturated heterocycles. The lowest BCUT2D eigenvalue weighted by Crippen LogP contribution is -1.98. The van der Waals surface area contributed by atoms with Crippen molar-refractivity contribution in [2.24, 2.45) is 5.92 Å². The van der Waals surface area contributed by atoms with Crippen molar-refractivity contribution in [3.8, 4) is 0 Å². The smallest absolute Gasteiger partial charge is 0.00808 e. The Morgan fingerprint density at radius 1 is 1.27 bits per heavy atom. The van der Waals surface area contributed by atoms with Crippen LogP contribution in [0.5, 0.6) is 0 Å². The van der Waals surface area contributed by atoms with Crippen LogP contribution in [0.2, 0.25) is 0 Å². The Bertz CT molecular complexity index is 350. The van der Waals surface area contributed by atoms with Gasteiger partial charge in [-0.15, -0.1) is 0 Å². The standard InChI is InChI=1S/C15H20/c1-3-7-12-11-13-9-5-6-10-15(13)14(12)8-4-2/h5-8,10,13H,3-4,9,11H2,1-2H3. The highest BCUT2D eigenvalue weighted by molar-refractivity contribution is 5.55. The van der Waals surface area contributed by atoms with Crippen LogP contribution in [0, 0.1) is 5.92 Å². The normalized spacial score (nSPS) is 29.7. The predicted molar refractivity (Wildman–Crippen MR) is 66.7 cm³/mol. The van der Waals surface area contributed by atoms with Gasteiger partial charge in [-0.2, -0.15) is 0 Å². The molecule has 0 heterocycles. The van der Waals surface area contributed by atoms with Crippen LogP contribution in [-0.2, 0) is 0 Å². The van der Waals surface area contributed by atoms with E-state index in [2.05, 4.69) is 44.2 Å². The fourth-order valence-corrected chi connectivity index (χ4v) is 2.63. The van der Waals surface area contributed by atoms with Crippen molar-refractivity contribution in [3.05, 3.63) is 47.1 Å². The van der Waals surface area contributed by atoms with Gasteiger partial charge < -0.3 is 0 Å². The van der Waals surface area contributed by atoms with E-state index in [1.807, 2.05) is 0 Å². The van der Waals surface area contributed by atoms with Crippen molar-refractivity contribution in [2.45, 2.75) is 39.5 Å². The summed E-state index contributed by atoms with van der Waals surface area (Å²) in [4.78, 5) is 0. The Morgan fingerprint density at radius 2 is 2.07 bits per heavy atom. The molecule has 0 N–H and O–H groups in total. The van der Waals surface area contributed by atoms with Crippen LogP contribution in [0.25, 0.3) is 0 Å². The maximum absolute atomic E-state index is 2.40. The highest BCUT2D eigenvalue weighted by Crippen LogP contribution is 2.44. The average molecular weight is 200 g/mol. The molecule has 1 fully saturated rings. The van der Waals surface area contributed by atoms with Gasteiger partial charge in [-0.05, 0) is 48.3 Å². The first-order valence-electron chi connectivity index (χ1n) is 6.13. The molecule has 0 radical (unpaired) electrons. The van der Waals surface area contributed by atoms with E-state index in [-0.39, 0.29) is 0 Å². The van der Waals surface area contributed by atoms with Crippen molar-refractivity contribution in [1.82, 2.24) is 0 Å². The number of hydrogen-bond acceptors (Lipinski definition) is 0. The fraction of sp³-hybridized carbons (Fsp3) is 0.467. The Labute approximate surface area is 93.1 Å². The van der Waals surface area contributed by atoms with Gasteiger partial charge in [0, 0.05) is 0 Å². The molecule has 0 amide bonds. The molecule has 2 aliphatic rings. The largest absolute Gasteiger partial charge is 0.0839 e. The number of fused-ring (bicyclic) bond motifs is 1. The Kier molecular flexibility index (Phi) is 3.25. The minimum Gasteiger partial charge on any atom is -0.0839 e. The molecule has 2 rings (SSSR count). The second-order valence-electron chi connectivity index (χ2n) is 4.35. The van der Waals surface area contributed by atoms with Crippen LogP contribution in [-0.4, -0.2) is 0 Å². The van der Waals surface area contributed by atoms with E-state index in [9.17, 15) is 0 Å². The van der Waals surface area contributed by atoms with E-state index in [0.717, 1.165) is 18.8 Å². The summed E-state index contributed by atoms with van der Waals surface area (Å²) in [7, 11) is 0. The molecule has 2 aliphatic carbocycles. The number of rotatable bonds is 2.